The van der Waals surface area contributed by atoms with Gasteiger partial charge in [0.25, 0.3) is 0 Å². The van der Waals surface area contributed by atoms with Crippen LogP contribution >= 0.6 is 11.8 Å². The number of carbonyl (C=O) groups is 2. The van der Waals surface area contributed by atoms with Crippen LogP contribution in [0.3, 0.4) is 0 Å². The summed E-state index contributed by atoms with van der Waals surface area (Å²) in [7, 11) is 0. The van der Waals surface area contributed by atoms with Crippen LogP contribution in [0.4, 0.5) is 4.39 Å². The van der Waals surface area contributed by atoms with Crippen LogP contribution in [-0.4, -0.2) is 41.6 Å². The molecule has 1 atom stereocenters. The van der Waals surface area contributed by atoms with Crippen LogP contribution in [0.2, 0.25) is 0 Å². The Kier molecular flexibility index (Phi) is 7.60. The third kappa shape index (κ3) is 6.99. The molecule has 0 aliphatic carbocycles. The van der Waals surface area contributed by atoms with Crippen molar-refractivity contribution in [3.8, 4) is 5.75 Å². The maximum absolute atomic E-state index is 12.7. The second-order valence-electron chi connectivity index (χ2n) is 4.29. The lowest BCUT2D eigenvalue weighted by atomic mass is 10.2. The number of aliphatic carboxylic acids is 1. The summed E-state index contributed by atoms with van der Waals surface area (Å²) < 4.78 is 18.0. The number of thioether (sulfide) groups is 1. The van der Waals surface area contributed by atoms with Crippen LogP contribution in [0.25, 0.3) is 0 Å². The van der Waals surface area contributed by atoms with Gasteiger partial charge in [-0.1, -0.05) is 0 Å². The quantitative estimate of drug-likeness (QED) is 0.728. The molecule has 21 heavy (non-hydrogen) atoms. The molecular weight excluding hydrogens is 297 g/mol. The standard InChI is InChI=1S/C14H18FNO4S/c1-21-9-7-12(14(18)19)16-13(17)6-8-20-11-4-2-10(15)3-5-11/h2-5,12H,6-9H2,1H3,(H,16,17)(H,18,19)/t12-/m1/s1. The van der Waals surface area contributed by atoms with E-state index in [1.807, 2.05) is 6.26 Å². The lowest BCUT2D eigenvalue weighted by Crippen LogP contribution is -2.41. The molecule has 0 unspecified atom stereocenters. The number of carboxylic acid groups (broad SMARTS) is 1. The number of hydrogen-bond donors (Lipinski definition) is 2. The molecule has 0 aliphatic heterocycles. The normalized spacial score (nSPS) is 11.7. The van der Waals surface area contributed by atoms with Gasteiger partial charge in [0.1, 0.15) is 17.6 Å². The van der Waals surface area contributed by atoms with Gasteiger partial charge in [0.2, 0.25) is 5.91 Å². The fourth-order valence-corrected chi connectivity index (χ4v) is 2.02. The van der Waals surface area contributed by atoms with Crippen molar-refractivity contribution >= 4 is 23.6 Å². The highest BCUT2D eigenvalue weighted by Gasteiger charge is 2.19. The number of ether oxygens (including phenoxy) is 1. The molecule has 0 aromatic heterocycles. The van der Waals surface area contributed by atoms with Crippen molar-refractivity contribution in [2.45, 2.75) is 18.9 Å². The molecule has 0 heterocycles. The van der Waals surface area contributed by atoms with E-state index in [2.05, 4.69) is 5.32 Å². The highest BCUT2D eigenvalue weighted by atomic mass is 32.2. The summed E-state index contributed by atoms with van der Waals surface area (Å²) in [6.07, 6.45) is 2.29. The Hall–Kier alpha value is -1.76. The van der Waals surface area contributed by atoms with Crippen LogP contribution in [0.1, 0.15) is 12.8 Å². The number of carbonyl (C=O) groups excluding carboxylic acids is 1. The topological polar surface area (TPSA) is 75.6 Å². The zero-order valence-electron chi connectivity index (χ0n) is 11.7. The summed E-state index contributed by atoms with van der Waals surface area (Å²) in [6, 6.07) is 4.57. The molecule has 0 aliphatic rings. The maximum atomic E-state index is 12.7. The van der Waals surface area contributed by atoms with Crippen molar-refractivity contribution in [2.75, 3.05) is 18.6 Å². The monoisotopic (exact) mass is 315 g/mol. The third-order valence-electron chi connectivity index (χ3n) is 2.66. The van der Waals surface area contributed by atoms with Gasteiger partial charge < -0.3 is 15.2 Å². The molecule has 0 bridgehead atoms. The highest BCUT2D eigenvalue weighted by Crippen LogP contribution is 2.11. The lowest BCUT2D eigenvalue weighted by molar-refractivity contribution is -0.141. The number of nitrogens with one attached hydrogen (secondary N) is 1. The molecule has 7 heteroatoms. The van der Waals surface area contributed by atoms with Gasteiger partial charge in [0.15, 0.2) is 0 Å². The number of halogens is 1. The van der Waals surface area contributed by atoms with Gasteiger partial charge in [0, 0.05) is 0 Å². The Morgan fingerprint density at radius 2 is 2.05 bits per heavy atom. The molecule has 116 valence electrons. The van der Waals surface area contributed by atoms with Crippen molar-refractivity contribution in [3.63, 3.8) is 0 Å². The Morgan fingerprint density at radius 3 is 2.62 bits per heavy atom. The molecule has 0 saturated carbocycles. The van der Waals surface area contributed by atoms with Gasteiger partial charge in [-0.15, -0.1) is 0 Å². The number of hydrogen-bond acceptors (Lipinski definition) is 4. The minimum atomic E-state index is -1.04. The summed E-state index contributed by atoms with van der Waals surface area (Å²) in [6.45, 7) is 0.104. The first-order valence-electron chi connectivity index (χ1n) is 6.42. The SMILES string of the molecule is CSCC[C@@H](NC(=O)CCOc1ccc(F)cc1)C(=O)O. The van der Waals surface area contributed by atoms with E-state index in [9.17, 15) is 14.0 Å². The number of benzene rings is 1. The molecule has 5 nitrogen and oxygen atoms in total. The number of rotatable bonds is 9. The zero-order chi connectivity index (χ0) is 15.7. The van der Waals surface area contributed by atoms with Crippen LogP contribution in [0, 0.1) is 5.82 Å². The molecule has 1 aromatic carbocycles. The second-order valence-corrected chi connectivity index (χ2v) is 5.28. The Labute approximate surface area is 126 Å². The van der Waals surface area contributed by atoms with E-state index >= 15 is 0 Å². The van der Waals surface area contributed by atoms with E-state index in [0.717, 1.165) is 0 Å². The van der Waals surface area contributed by atoms with E-state index in [1.165, 1.54) is 36.0 Å². The van der Waals surface area contributed by atoms with Crippen LogP contribution in [0.5, 0.6) is 5.75 Å². The zero-order valence-corrected chi connectivity index (χ0v) is 12.5. The van der Waals surface area contributed by atoms with Gasteiger partial charge in [-0.05, 0) is 42.7 Å². The van der Waals surface area contributed by atoms with Crippen LogP contribution in [-0.2, 0) is 9.59 Å². The number of amides is 1. The summed E-state index contributed by atoms with van der Waals surface area (Å²) in [5.41, 5.74) is 0. The fraction of sp³-hybridized carbons (Fsp3) is 0.429. The van der Waals surface area contributed by atoms with Crippen molar-refractivity contribution in [1.29, 1.82) is 0 Å². The second kappa shape index (κ2) is 9.23. The Bertz CT molecular complexity index is 467. The Balaban J connectivity index is 2.32. The molecule has 0 fully saturated rings. The van der Waals surface area contributed by atoms with E-state index in [-0.39, 0.29) is 24.8 Å². The average Bonchev–Trinajstić information content (AvgIpc) is 2.45. The molecule has 0 radical (unpaired) electrons. The van der Waals surface area contributed by atoms with Crippen LogP contribution in [0.15, 0.2) is 24.3 Å². The fourth-order valence-electron chi connectivity index (χ4n) is 1.55. The largest absolute Gasteiger partial charge is 0.493 e. The highest BCUT2D eigenvalue weighted by molar-refractivity contribution is 7.98. The molecule has 1 amide bonds. The van der Waals surface area contributed by atoms with Gasteiger partial charge in [0.05, 0.1) is 13.0 Å². The van der Waals surface area contributed by atoms with E-state index in [0.29, 0.717) is 17.9 Å². The lowest BCUT2D eigenvalue weighted by Gasteiger charge is -2.14. The third-order valence-corrected chi connectivity index (χ3v) is 3.30. The van der Waals surface area contributed by atoms with Gasteiger partial charge in [-0.3, -0.25) is 4.79 Å². The summed E-state index contributed by atoms with van der Waals surface area (Å²) in [5.74, 6) is -0.675. The summed E-state index contributed by atoms with van der Waals surface area (Å²) >= 11 is 1.52. The molecule has 1 aromatic rings. The van der Waals surface area contributed by atoms with E-state index < -0.39 is 12.0 Å². The van der Waals surface area contributed by atoms with Crippen molar-refractivity contribution in [2.24, 2.45) is 0 Å². The Morgan fingerprint density at radius 1 is 1.38 bits per heavy atom. The van der Waals surface area contributed by atoms with E-state index in [4.69, 9.17) is 9.84 Å². The molecular formula is C14H18FNO4S. The molecule has 0 spiro atoms. The van der Waals surface area contributed by atoms with Crippen LogP contribution < -0.4 is 10.1 Å². The van der Waals surface area contributed by atoms with Gasteiger partial charge in [-0.2, -0.15) is 11.8 Å². The van der Waals surface area contributed by atoms with Crippen molar-refractivity contribution in [1.82, 2.24) is 5.32 Å². The first-order chi connectivity index (χ1) is 10.0. The molecule has 0 saturated heterocycles. The first kappa shape index (κ1) is 17.3. The predicted octanol–water partition coefficient (Wildman–Crippen LogP) is 1.92. The summed E-state index contributed by atoms with van der Waals surface area (Å²) in [5, 5.41) is 11.4. The van der Waals surface area contributed by atoms with Crippen molar-refractivity contribution < 1.29 is 23.8 Å². The predicted molar refractivity (Wildman–Crippen MR) is 79.1 cm³/mol. The first-order valence-corrected chi connectivity index (χ1v) is 7.81. The van der Waals surface area contributed by atoms with Gasteiger partial charge >= 0.3 is 5.97 Å². The minimum absolute atomic E-state index is 0.0421. The minimum Gasteiger partial charge on any atom is -0.493 e. The smallest absolute Gasteiger partial charge is 0.326 e. The van der Waals surface area contributed by atoms with Crippen molar-refractivity contribution in [3.05, 3.63) is 30.1 Å². The van der Waals surface area contributed by atoms with Gasteiger partial charge in [-0.25, -0.2) is 9.18 Å². The summed E-state index contributed by atoms with van der Waals surface area (Å²) in [4.78, 5) is 22.6. The molecule has 2 N–H and O–H groups in total. The average molecular weight is 315 g/mol. The molecule has 1 rings (SSSR count). The maximum Gasteiger partial charge on any atom is 0.326 e. The van der Waals surface area contributed by atoms with E-state index in [1.54, 1.807) is 0 Å². The number of carboxylic acids is 1.